The number of fused-ring (bicyclic) bond motifs is 3. The average molecular weight is 806 g/mol. The minimum Gasteiger partial charge on any atom is -0.444 e. The molecular formula is C39H44FN7O7S2. The zero-order valence-corrected chi connectivity index (χ0v) is 32.3. The van der Waals surface area contributed by atoms with Crippen LogP contribution in [-0.2, 0) is 42.1 Å². The quantitative estimate of drug-likeness (QED) is 0.292. The number of allylic oxidation sites excluding steroid dienone is 1. The number of rotatable bonds is 7. The van der Waals surface area contributed by atoms with E-state index < -0.39 is 74.5 Å². The van der Waals surface area contributed by atoms with Crippen molar-refractivity contribution in [1.82, 2.24) is 29.8 Å². The van der Waals surface area contributed by atoms with Gasteiger partial charge in [0.1, 0.15) is 35.2 Å². The van der Waals surface area contributed by atoms with Crippen LogP contribution in [0.3, 0.4) is 0 Å². The fourth-order valence-electron chi connectivity index (χ4n) is 7.85. The number of ether oxygens (including phenoxy) is 1. The van der Waals surface area contributed by atoms with Crippen LogP contribution in [0, 0.1) is 11.7 Å². The number of nitrogens with one attached hydrogen (secondary N) is 3. The average Bonchev–Trinajstić information content (AvgIpc) is 4.07. The molecule has 1 aromatic carbocycles. The van der Waals surface area contributed by atoms with Crippen LogP contribution in [0.2, 0.25) is 0 Å². The van der Waals surface area contributed by atoms with Gasteiger partial charge in [0, 0.05) is 30.8 Å². The smallest absolute Gasteiger partial charge is 0.410 e. The third kappa shape index (κ3) is 8.14. The van der Waals surface area contributed by atoms with Gasteiger partial charge in [-0.2, -0.15) is 0 Å². The number of hydrogen-bond donors (Lipinski definition) is 3. The van der Waals surface area contributed by atoms with E-state index in [1.165, 1.54) is 33.9 Å². The van der Waals surface area contributed by atoms with Gasteiger partial charge in [-0.15, -0.1) is 11.3 Å². The molecule has 5 heterocycles. The molecule has 1 saturated heterocycles. The third-order valence-electron chi connectivity index (χ3n) is 11.3. The summed E-state index contributed by atoms with van der Waals surface area (Å²) in [5, 5.41) is 7.71. The highest BCUT2D eigenvalue weighted by atomic mass is 32.2. The van der Waals surface area contributed by atoms with Gasteiger partial charge in [0.05, 0.1) is 23.7 Å². The first kappa shape index (κ1) is 38.0. The number of benzene rings is 1. The largest absolute Gasteiger partial charge is 0.444 e. The minimum atomic E-state index is -3.90. The van der Waals surface area contributed by atoms with Crippen LogP contribution in [-0.4, -0.2) is 94.1 Å². The summed E-state index contributed by atoms with van der Waals surface area (Å²) in [6.45, 7) is 0.771. The standard InChI is InChI=1S/C39H44FN7O7S2/c40-27-12-15-30(41-20-27)32-23-55-37(43-32)42-31-11-5-3-1-2-4-10-26-19-39(26,36(50)45-56(52,53)29-13-14-29)44-34(48)33-18-28(22-47(33)35(31)49)54-38(51)46-17-16-24-8-6-7-9-25(24)21-46/h4,6-10,12,15,20,23,26,28-29,31,33H,1-3,5,11,13-14,16-19,21-22H2,(H,42,43)(H,44,48)(H,45,50)/b10-4-/t26-,28-,31+,33+,39-/m1/s1. The van der Waals surface area contributed by atoms with Crippen molar-refractivity contribution in [2.75, 3.05) is 18.4 Å². The maximum absolute atomic E-state index is 14.7. The van der Waals surface area contributed by atoms with Crippen LogP contribution >= 0.6 is 11.3 Å². The Morgan fingerprint density at radius 1 is 1.04 bits per heavy atom. The fourth-order valence-corrected chi connectivity index (χ4v) is 9.97. The lowest BCUT2D eigenvalue weighted by Crippen LogP contribution is -2.57. The van der Waals surface area contributed by atoms with Crippen molar-refractivity contribution in [2.24, 2.45) is 5.92 Å². The molecule has 3 aliphatic heterocycles. The van der Waals surface area contributed by atoms with E-state index in [4.69, 9.17) is 4.74 Å². The number of sulfonamides is 1. The number of aromatic nitrogens is 2. The number of amides is 4. The number of carbonyl (C=O) groups is 4. The Morgan fingerprint density at radius 2 is 1.86 bits per heavy atom. The Morgan fingerprint density at radius 3 is 2.64 bits per heavy atom. The number of carbonyl (C=O) groups excluding carboxylic acids is 4. The Balaban J connectivity index is 1.05. The van der Waals surface area contributed by atoms with Crippen molar-refractivity contribution in [3.05, 3.63) is 77.1 Å². The van der Waals surface area contributed by atoms with Gasteiger partial charge < -0.3 is 25.2 Å². The van der Waals surface area contributed by atoms with E-state index >= 15 is 0 Å². The molecule has 2 aliphatic carbocycles. The summed E-state index contributed by atoms with van der Waals surface area (Å²) < 4.78 is 47.5. The second-order valence-electron chi connectivity index (χ2n) is 15.3. The molecule has 3 fully saturated rings. The van der Waals surface area contributed by atoms with Crippen LogP contribution in [0.1, 0.15) is 68.9 Å². The van der Waals surface area contributed by atoms with E-state index in [1.807, 2.05) is 36.4 Å². The van der Waals surface area contributed by atoms with E-state index in [9.17, 15) is 32.0 Å². The molecule has 17 heteroatoms. The first-order valence-corrected chi connectivity index (χ1v) is 21.6. The first-order chi connectivity index (χ1) is 27.0. The number of thiazole rings is 1. The number of hydrogen-bond acceptors (Lipinski definition) is 11. The molecule has 5 atom stereocenters. The molecule has 5 aliphatic rings. The van der Waals surface area contributed by atoms with Crippen molar-refractivity contribution in [2.45, 2.75) is 99.7 Å². The Labute approximate surface area is 328 Å². The molecular weight excluding hydrogens is 762 g/mol. The lowest BCUT2D eigenvalue weighted by atomic mass is 10.0. The van der Waals surface area contributed by atoms with Gasteiger partial charge in [-0.25, -0.2) is 22.6 Å². The van der Waals surface area contributed by atoms with E-state index in [0.717, 1.165) is 24.6 Å². The SMILES string of the molecule is O=C1N[C@]2(C(=O)NS(=O)(=O)C3CC3)C[C@H]2/C=C\CCCCC[C@H](Nc2nc(-c3ccc(F)cn3)cs2)C(=O)N2C[C@H](OC(=O)N3CCc4ccccc4C3)C[C@@H]12. The van der Waals surface area contributed by atoms with Crippen molar-refractivity contribution in [3.63, 3.8) is 0 Å². The summed E-state index contributed by atoms with van der Waals surface area (Å²) in [5.41, 5.74) is 1.66. The summed E-state index contributed by atoms with van der Waals surface area (Å²) in [4.78, 5) is 68.1. The zero-order chi connectivity index (χ0) is 39.0. The Hall–Kier alpha value is -4.90. The second kappa shape index (κ2) is 15.6. The van der Waals surface area contributed by atoms with E-state index in [-0.39, 0.29) is 19.4 Å². The summed E-state index contributed by atoms with van der Waals surface area (Å²) >= 11 is 1.26. The number of anilines is 1. The summed E-state index contributed by atoms with van der Waals surface area (Å²) in [6.07, 6.45) is 8.77. The van der Waals surface area contributed by atoms with Crippen LogP contribution in [0.4, 0.5) is 14.3 Å². The van der Waals surface area contributed by atoms with E-state index in [1.54, 1.807) is 10.3 Å². The number of pyridine rings is 1. The van der Waals surface area contributed by atoms with Crippen molar-refractivity contribution >= 4 is 50.3 Å². The highest BCUT2D eigenvalue weighted by molar-refractivity contribution is 7.91. The molecule has 3 N–H and O–H groups in total. The lowest BCUT2D eigenvalue weighted by molar-refractivity contribution is -0.140. The Kier molecular flexibility index (Phi) is 10.6. The summed E-state index contributed by atoms with van der Waals surface area (Å²) in [7, 11) is -3.90. The van der Waals surface area contributed by atoms with E-state index in [2.05, 4.69) is 25.3 Å². The van der Waals surface area contributed by atoms with Gasteiger partial charge >= 0.3 is 6.09 Å². The van der Waals surface area contributed by atoms with Gasteiger partial charge in [0.25, 0.3) is 5.91 Å². The monoisotopic (exact) mass is 805 g/mol. The first-order valence-electron chi connectivity index (χ1n) is 19.2. The molecule has 4 amide bonds. The van der Waals surface area contributed by atoms with Gasteiger partial charge in [-0.3, -0.25) is 24.1 Å². The van der Waals surface area contributed by atoms with Gasteiger partial charge in [0.15, 0.2) is 5.13 Å². The molecule has 0 radical (unpaired) electrons. The third-order valence-corrected chi connectivity index (χ3v) is 13.9. The Bertz CT molecular complexity index is 2140. The van der Waals surface area contributed by atoms with Crippen molar-refractivity contribution in [1.29, 1.82) is 0 Å². The fraction of sp³-hybridized carbons (Fsp3) is 0.487. The van der Waals surface area contributed by atoms with E-state index in [0.29, 0.717) is 68.1 Å². The van der Waals surface area contributed by atoms with Gasteiger partial charge in [-0.1, -0.05) is 49.3 Å². The van der Waals surface area contributed by atoms with Gasteiger partial charge in [-0.05, 0) is 68.2 Å². The maximum atomic E-state index is 14.7. The lowest BCUT2D eigenvalue weighted by Gasteiger charge is -2.30. The molecule has 2 aromatic heterocycles. The van der Waals surface area contributed by atoms with Gasteiger partial charge in [0.2, 0.25) is 21.8 Å². The van der Waals surface area contributed by atoms with Crippen molar-refractivity contribution < 1.29 is 36.7 Å². The topological polar surface area (TPSA) is 180 Å². The number of nitrogens with zero attached hydrogens (tertiary/aromatic N) is 4. The van der Waals surface area contributed by atoms with Crippen molar-refractivity contribution in [3.8, 4) is 11.4 Å². The molecule has 2 saturated carbocycles. The molecule has 8 rings (SSSR count). The minimum absolute atomic E-state index is 0.0172. The molecule has 3 aromatic rings. The molecule has 0 unspecified atom stereocenters. The molecule has 14 nitrogen and oxygen atoms in total. The molecule has 0 bridgehead atoms. The predicted molar refractivity (Wildman–Crippen MR) is 205 cm³/mol. The molecule has 0 spiro atoms. The highest BCUT2D eigenvalue weighted by Gasteiger charge is 2.62. The summed E-state index contributed by atoms with van der Waals surface area (Å²) in [5.74, 6) is -2.74. The van der Waals surface area contributed by atoms with Crippen LogP contribution < -0.4 is 15.4 Å². The highest BCUT2D eigenvalue weighted by Crippen LogP contribution is 2.46. The second-order valence-corrected chi connectivity index (χ2v) is 18.1. The van der Waals surface area contributed by atoms with Crippen LogP contribution in [0.15, 0.2) is 60.1 Å². The van der Waals surface area contributed by atoms with Crippen LogP contribution in [0.25, 0.3) is 11.4 Å². The molecule has 56 heavy (non-hydrogen) atoms. The maximum Gasteiger partial charge on any atom is 0.410 e. The zero-order valence-electron chi connectivity index (χ0n) is 30.7. The number of halogens is 1. The van der Waals surface area contributed by atoms with Crippen LogP contribution in [0.5, 0.6) is 0 Å². The normalized spacial score (nSPS) is 27.4. The summed E-state index contributed by atoms with van der Waals surface area (Å²) in [6, 6.07) is 8.78. The molecule has 296 valence electrons. The predicted octanol–water partition coefficient (Wildman–Crippen LogP) is 4.29.